The number of nitrogens with zero attached hydrogens (tertiary/aromatic N) is 3. The van der Waals surface area contributed by atoms with Gasteiger partial charge in [-0.1, -0.05) is 0 Å². The Balaban J connectivity index is 1.41. The van der Waals surface area contributed by atoms with E-state index in [4.69, 9.17) is 9.47 Å². The standard InChI is InChI=1S/C21H27FN4O6/c1-14(28)23-11-16-12-25(20(30)32-16)15-2-3-18(17(22)10-15)24-6-4-21(5-7-24)26(8-9-31-21)19(29)13-27/h2-3,10,16,27H,4-9,11-13H2,1H3,(H,23,28)/t16-/m0/s1. The zero-order valence-corrected chi connectivity index (χ0v) is 17.9. The van der Waals surface area contributed by atoms with Crippen molar-refractivity contribution in [3.63, 3.8) is 0 Å². The number of halogens is 1. The Bertz CT molecular complexity index is 904. The van der Waals surface area contributed by atoms with E-state index in [2.05, 4.69) is 5.32 Å². The third kappa shape index (κ3) is 4.22. The van der Waals surface area contributed by atoms with E-state index in [1.54, 1.807) is 17.0 Å². The smallest absolute Gasteiger partial charge is 0.414 e. The summed E-state index contributed by atoms with van der Waals surface area (Å²) in [6.07, 6.45) is -0.0743. The van der Waals surface area contributed by atoms with E-state index in [0.29, 0.717) is 50.5 Å². The number of aliphatic hydroxyl groups excluding tert-OH is 1. The Labute approximate surface area is 184 Å². The van der Waals surface area contributed by atoms with Crippen LogP contribution in [0, 0.1) is 5.82 Å². The molecule has 11 heteroatoms. The minimum Gasteiger partial charge on any atom is -0.442 e. The van der Waals surface area contributed by atoms with Crippen LogP contribution in [0.15, 0.2) is 18.2 Å². The number of ether oxygens (including phenoxy) is 2. The highest BCUT2D eigenvalue weighted by molar-refractivity contribution is 5.90. The number of amides is 3. The van der Waals surface area contributed by atoms with Crippen molar-refractivity contribution in [2.45, 2.75) is 31.6 Å². The number of hydrogen-bond acceptors (Lipinski definition) is 7. The van der Waals surface area contributed by atoms with Crippen LogP contribution in [-0.4, -0.2) is 85.7 Å². The summed E-state index contributed by atoms with van der Waals surface area (Å²) in [7, 11) is 0. The van der Waals surface area contributed by atoms with Crippen LogP contribution in [0.25, 0.3) is 0 Å². The lowest BCUT2D eigenvalue weighted by Gasteiger charge is -2.44. The van der Waals surface area contributed by atoms with Crippen molar-refractivity contribution < 1.29 is 33.4 Å². The number of carbonyl (C=O) groups is 3. The van der Waals surface area contributed by atoms with Gasteiger partial charge in [-0.2, -0.15) is 0 Å². The topological polar surface area (TPSA) is 112 Å². The number of nitrogens with one attached hydrogen (secondary N) is 1. The molecule has 3 aliphatic rings. The first-order valence-corrected chi connectivity index (χ1v) is 10.7. The Kier molecular flexibility index (Phi) is 6.20. The summed E-state index contributed by atoms with van der Waals surface area (Å²) in [5.41, 5.74) is 0.0486. The van der Waals surface area contributed by atoms with Gasteiger partial charge in [-0.3, -0.25) is 14.5 Å². The third-order valence-corrected chi connectivity index (χ3v) is 6.19. The van der Waals surface area contributed by atoms with Gasteiger partial charge in [0.2, 0.25) is 5.91 Å². The first-order valence-electron chi connectivity index (χ1n) is 10.7. The molecule has 0 radical (unpaired) electrons. The van der Waals surface area contributed by atoms with Gasteiger partial charge < -0.3 is 29.7 Å². The highest BCUT2D eigenvalue weighted by Gasteiger charge is 2.47. The Morgan fingerprint density at radius 1 is 1.28 bits per heavy atom. The van der Waals surface area contributed by atoms with E-state index >= 15 is 0 Å². The number of hydrogen-bond donors (Lipinski definition) is 2. The molecule has 3 saturated heterocycles. The van der Waals surface area contributed by atoms with Crippen molar-refractivity contribution in [1.29, 1.82) is 0 Å². The van der Waals surface area contributed by atoms with Crippen LogP contribution >= 0.6 is 0 Å². The number of benzene rings is 1. The predicted molar refractivity (Wildman–Crippen MR) is 112 cm³/mol. The van der Waals surface area contributed by atoms with Crippen LogP contribution in [0.3, 0.4) is 0 Å². The molecule has 0 bridgehead atoms. The molecule has 0 aromatic heterocycles. The van der Waals surface area contributed by atoms with Gasteiger partial charge >= 0.3 is 6.09 Å². The minimum absolute atomic E-state index is 0.200. The van der Waals surface area contributed by atoms with E-state index in [1.807, 2.05) is 4.90 Å². The summed E-state index contributed by atoms with van der Waals surface area (Å²) < 4.78 is 26.1. The molecule has 1 spiro atoms. The van der Waals surface area contributed by atoms with Crippen molar-refractivity contribution in [3.05, 3.63) is 24.0 Å². The van der Waals surface area contributed by atoms with E-state index in [9.17, 15) is 23.9 Å². The number of cyclic esters (lactones) is 1. The molecule has 4 rings (SSSR count). The number of anilines is 2. The number of aliphatic hydroxyl groups is 1. The van der Waals surface area contributed by atoms with Gasteiger partial charge in [-0.25, -0.2) is 9.18 Å². The summed E-state index contributed by atoms with van der Waals surface area (Å²) in [5.74, 6) is -1.04. The largest absolute Gasteiger partial charge is 0.442 e. The monoisotopic (exact) mass is 450 g/mol. The molecule has 2 N–H and O–H groups in total. The molecule has 1 aromatic rings. The van der Waals surface area contributed by atoms with E-state index in [0.717, 1.165) is 0 Å². The van der Waals surface area contributed by atoms with Gasteiger partial charge in [0.05, 0.1) is 31.1 Å². The number of carbonyl (C=O) groups excluding carboxylic acids is 3. The maximum absolute atomic E-state index is 15.0. The summed E-state index contributed by atoms with van der Waals surface area (Å²) in [4.78, 5) is 40.1. The molecule has 10 nitrogen and oxygen atoms in total. The SMILES string of the molecule is CC(=O)NC[C@H]1CN(c2ccc(N3CCC4(CC3)OCCN4C(=O)CO)c(F)c2)C(=O)O1. The van der Waals surface area contributed by atoms with Gasteiger partial charge in [0.15, 0.2) is 0 Å². The molecule has 0 unspecified atom stereocenters. The quantitative estimate of drug-likeness (QED) is 0.669. The summed E-state index contributed by atoms with van der Waals surface area (Å²) >= 11 is 0. The molecule has 32 heavy (non-hydrogen) atoms. The van der Waals surface area contributed by atoms with Gasteiger partial charge in [0.25, 0.3) is 5.91 Å². The fraction of sp³-hybridized carbons (Fsp3) is 0.571. The van der Waals surface area contributed by atoms with E-state index < -0.39 is 30.3 Å². The lowest BCUT2D eigenvalue weighted by molar-refractivity contribution is -0.155. The van der Waals surface area contributed by atoms with Gasteiger partial charge in [-0.15, -0.1) is 0 Å². The second-order valence-electron chi connectivity index (χ2n) is 8.17. The fourth-order valence-electron chi connectivity index (χ4n) is 4.57. The fourth-order valence-corrected chi connectivity index (χ4v) is 4.57. The van der Waals surface area contributed by atoms with Crippen LogP contribution in [-0.2, 0) is 19.1 Å². The number of piperidine rings is 1. The first kappa shape index (κ1) is 22.3. The molecular formula is C21H27FN4O6. The molecule has 3 heterocycles. The van der Waals surface area contributed by atoms with Crippen LogP contribution in [0.1, 0.15) is 19.8 Å². The summed E-state index contributed by atoms with van der Waals surface area (Å²) in [6.45, 7) is 3.07. The lowest BCUT2D eigenvalue weighted by Crippen LogP contribution is -2.55. The first-order chi connectivity index (χ1) is 15.3. The summed E-state index contributed by atoms with van der Waals surface area (Å²) in [6, 6.07) is 4.59. The van der Waals surface area contributed by atoms with E-state index in [-0.39, 0.29) is 24.9 Å². The van der Waals surface area contributed by atoms with Crippen molar-refractivity contribution in [1.82, 2.24) is 10.2 Å². The maximum atomic E-state index is 15.0. The molecule has 174 valence electrons. The maximum Gasteiger partial charge on any atom is 0.414 e. The van der Waals surface area contributed by atoms with Crippen LogP contribution < -0.4 is 15.1 Å². The second-order valence-corrected chi connectivity index (χ2v) is 8.17. The molecule has 1 aromatic carbocycles. The van der Waals surface area contributed by atoms with Crippen molar-refractivity contribution in [2.75, 3.05) is 55.7 Å². The number of rotatable bonds is 5. The molecular weight excluding hydrogens is 423 g/mol. The van der Waals surface area contributed by atoms with Crippen molar-refractivity contribution in [3.8, 4) is 0 Å². The predicted octanol–water partition coefficient (Wildman–Crippen LogP) is 0.435. The normalized spacial score (nSPS) is 22.4. The average molecular weight is 450 g/mol. The zero-order valence-electron chi connectivity index (χ0n) is 17.9. The molecule has 0 saturated carbocycles. The summed E-state index contributed by atoms with van der Waals surface area (Å²) in [5, 5.41) is 11.8. The molecule has 0 aliphatic carbocycles. The molecule has 3 amide bonds. The van der Waals surface area contributed by atoms with Crippen LogP contribution in [0.4, 0.5) is 20.6 Å². The van der Waals surface area contributed by atoms with Crippen molar-refractivity contribution >= 4 is 29.3 Å². The molecule has 1 atom stereocenters. The van der Waals surface area contributed by atoms with E-state index in [1.165, 1.54) is 17.9 Å². The Hall–Kier alpha value is -2.92. The highest BCUT2D eigenvalue weighted by Crippen LogP contribution is 2.37. The second kappa shape index (κ2) is 8.91. The third-order valence-electron chi connectivity index (χ3n) is 6.19. The highest BCUT2D eigenvalue weighted by atomic mass is 19.1. The molecule has 3 fully saturated rings. The van der Waals surface area contributed by atoms with Gasteiger partial charge in [0.1, 0.15) is 24.3 Å². The van der Waals surface area contributed by atoms with Crippen molar-refractivity contribution in [2.24, 2.45) is 0 Å². The van der Waals surface area contributed by atoms with Crippen LogP contribution in [0.5, 0.6) is 0 Å². The molecule has 3 aliphatic heterocycles. The Morgan fingerprint density at radius 3 is 2.69 bits per heavy atom. The van der Waals surface area contributed by atoms with Gasteiger partial charge in [-0.05, 0) is 18.2 Å². The average Bonchev–Trinajstić information content (AvgIpc) is 3.36. The van der Waals surface area contributed by atoms with Crippen LogP contribution in [0.2, 0.25) is 0 Å². The lowest BCUT2D eigenvalue weighted by atomic mass is 9.98. The minimum atomic E-state index is -0.741. The Morgan fingerprint density at radius 2 is 2.03 bits per heavy atom. The van der Waals surface area contributed by atoms with Gasteiger partial charge in [0, 0.05) is 39.4 Å². The zero-order chi connectivity index (χ0) is 22.9.